The molecule has 3 fully saturated rings. The molecule has 3 heterocycles. The summed E-state index contributed by atoms with van der Waals surface area (Å²) < 4.78 is 59.9. The molecule has 1 aliphatic heterocycles. The van der Waals surface area contributed by atoms with E-state index >= 15 is 0 Å². The van der Waals surface area contributed by atoms with Crippen LogP contribution in [0.4, 0.5) is 17.6 Å². The number of hydrogen-bond acceptors (Lipinski definition) is 4. The van der Waals surface area contributed by atoms with Crippen LogP contribution < -0.4 is 5.32 Å². The Morgan fingerprint density at radius 3 is 2.69 bits per heavy atom. The number of carbonyl (C=O) groups excluding carboxylic acids is 1. The number of alkyl halides is 3. The Kier molecular flexibility index (Phi) is 3.69. The van der Waals surface area contributed by atoms with E-state index in [0.717, 1.165) is 0 Å². The molecule has 1 atom stereocenters. The van der Waals surface area contributed by atoms with E-state index in [4.69, 9.17) is 4.74 Å². The van der Waals surface area contributed by atoms with Gasteiger partial charge in [0, 0.05) is 19.2 Å². The lowest BCUT2D eigenvalue weighted by atomic mass is 9.40. The van der Waals surface area contributed by atoms with Crippen LogP contribution in [-0.4, -0.2) is 33.4 Å². The smallest absolute Gasteiger partial charge is 0.378 e. The number of halogens is 4. The van der Waals surface area contributed by atoms with Gasteiger partial charge in [0.2, 0.25) is 5.91 Å². The number of ether oxygens (including phenoxy) is 1. The molecule has 0 unspecified atom stereocenters. The van der Waals surface area contributed by atoms with Gasteiger partial charge in [-0.3, -0.25) is 9.48 Å². The number of hydrogen-bond donors (Lipinski definition) is 1. The molecule has 2 aromatic heterocycles. The van der Waals surface area contributed by atoms with Crippen LogP contribution in [0.2, 0.25) is 0 Å². The summed E-state index contributed by atoms with van der Waals surface area (Å²) in [6.45, 7) is 0.494. The Labute approximate surface area is 163 Å². The van der Waals surface area contributed by atoms with Gasteiger partial charge in [-0.25, -0.2) is 9.37 Å². The minimum absolute atomic E-state index is 0.0351. The molecule has 0 radical (unpaired) electrons. The van der Waals surface area contributed by atoms with Gasteiger partial charge in [0.25, 0.3) is 0 Å². The molecule has 6 nitrogen and oxygen atoms in total. The van der Waals surface area contributed by atoms with Crippen molar-refractivity contribution in [3.63, 3.8) is 0 Å². The van der Waals surface area contributed by atoms with Gasteiger partial charge in [0.1, 0.15) is 5.69 Å². The third-order valence-corrected chi connectivity index (χ3v) is 6.42. The molecule has 0 aromatic carbocycles. The number of nitrogens with zero attached hydrogens (tertiary/aromatic N) is 3. The fraction of sp³-hybridized carbons (Fsp3) is 0.526. The van der Waals surface area contributed by atoms with E-state index in [0.29, 0.717) is 50.2 Å². The number of carbonyl (C=O) groups is 1. The minimum atomic E-state index is -4.68. The van der Waals surface area contributed by atoms with Crippen LogP contribution in [0, 0.1) is 11.2 Å². The lowest BCUT2D eigenvalue weighted by molar-refractivity contribution is -0.263. The second kappa shape index (κ2) is 5.78. The third kappa shape index (κ3) is 2.68. The van der Waals surface area contributed by atoms with Gasteiger partial charge in [-0.2, -0.15) is 18.3 Å². The molecule has 10 heteroatoms. The van der Waals surface area contributed by atoms with Crippen LogP contribution >= 0.6 is 0 Å². The topological polar surface area (TPSA) is 69.0 Å². The molecular formula is C19H18F4N4O2. The average molecular weight is 410 g/mol. The van der Waals surface area contributed by atoms with Crippen LogP contribution in [0.3, 0.4) is 0 Å². The molecule has 0 spiro atoms. The molecule has 0 saturated heterocycles. The molecule has 3 saturated carbocycles. The molecule has 4 aliphatic rings. The van der Waals surface area contributed by atoms with E-state index < -0.39 is 17.7 Å². The monoisotopic (exact) mass is 410 g/mol. The number of aryl methyl sites for hydroxylation is 1. The zero-order chi connectivity index (χ0) is 20.6. The molecule has 3 aliphatic carbocycles. The second-order valence-corrected chi connectivity index (χ2v) is 8.24. The van der Waals surface area contributed by atoms with Crippen molar-refractivity contribution in [2.24, 2.45) is 5.41 Å². The maximum Gasteiger partial charge on any atom is 0.433 e. The van der Waals surface area contributed by atoms with Gasteiger partial charge < -0.3 is 10.1 Å². The molecule has 1 N–H and O–H groups in total. The van der Waals surface area contributed by atoms with Crippen molar-refractivity contribution in [1.29, 1.82) is 0 Å². The SMILES string of the molecule is COC12CC(C(=O)N[C@@H]3CCn4nc(-c5cc(C(F)(F)F)ncc5F)cc43)(C1)C2. The van der Waals surface area contributed by atoms with Crippen molar-refractivity contribution in [2.45, 2.75) is 50.0 Å². The summed E-state index contributed by atoms with van der Waals surface area (Å²) in [4.78, 5) is 15.8. The first-order valence-electron chi connectivity index (χ1n) is 9.32. The Morgan fingerprint density at radius 2 is 2.03 bits per heavy atom. The summed E-state index contributed by atoms with van der Waals surface area (Å²) >= 11 is 0. The lowest BCUT2D eigenvalue weighted by Crippen LogP contribution is -2.72. The molecular weight excluding hydrogens is 392 g/mol. The highest BCUT2D eigenvalue weighted by Gasteiger charge is 2.72. The van der Waals surface area contributed by atoms with Gasteiger partial charge in [-0.1, -0.05) is 0 Å². The molecule has 1 amide bonds. The van der Waals surface area contributed by atoms with E-state index in [-0.39, 0.29) is 34.2 Å². The normalized spacial score (nSPS) is 29.8. The minimum Gasteiger partial charge on any atom is -0.378 e. The van der Waals surface area contributed by atoms with Gasteiger partial charge in [0.15, 0.2) is 5.82 Å². The highest BCUT2D eigenvalue weighted by molar-refractivity contribution is 5.87. The quantitative estimate of drug-likeness (QED) is 0.786. The third-order valence-electron chi connectivity index (χ3n) is 6.42. The van der Waals surface area contributed by atoms with E-state index in [2.05, 4.69) is 15.4 Å². The van der Waals surface area contributed by atoms with E-state index in [1.807, 2.05) is 0 Å². The Hall–Kier alpha value is -2.49. The summed E-state index contributed by atoms with van der Waals surface area (Å²) in [6.07, 6.45) is -1.36. The van der Waals surface area contributed by atoms with E-state index in [1.54, 1.807) is 11.8 Å². The summed E-state index contributed by atoms with van der Waals surface area (Å²) in [5.74, 6) is -0.916. The van der Waals surface area contributed by atoms with Crippen molar-refractivity contribution in [3.8, 4) is 11.3 Å². The van der Waals surface area contributed by atoms with Crippen molar-refractivity contribution in [1.82, 2.24) is 20.1 Å². The first-order valence-corrected chi connectivity index (χ1v) is 9.32. The Bertz CT molecular complexity index is 996. The Balaban J connectivity index is 1.37. The Morgan fingerprint density at radius 1 is 1.31 bits per heavy atom. The molecule has 6 rings (SSSR count). The summed E-state index contributed by atoms with van der Waals surface area (Å²) in [7, 11) is 1.65. The molecule has 154 valence electrons. The highest BCUT2D eigenvalue weighted by Crippen LogP contribution is 2.69. The number of methoxy groups -OCH3 is 1. The summed E-state index contributed by atoms with van der Waals surface area (Å²) in [6, 6.07) is 1.89. The van der Waals surface area contributed by atoms with E-state index in [9.17, 15) is 22.4 Å². The van der Waals surface area contributed by atoms with E-state index in [1.165, 1.54) is 6.07 Å². The van der Waals surface area contributed by atoms with Gasteiger partial charge >= 0.3 is 6.18 Å². The molecule has 2 aromatic rings. The highest BCUT2D eigenvalue weighted by atomic mass is 19.4. The first-order chi connectivity index (χ1) is 13.6. The van der Waals surface area contributed by atoms with Crippen LogP contribution in [0.5, 0.6) is 0 Å². The summed E-state index contributed by atoms with van der Waals surface area (Å²) in [5.41, 5.74) is -1.20. The van der Waals surface area contributed by atoms with Gasteiger partial charge in [-0.15, -0.1) is 0 Å². The van der Waals surface area contributed by atoms with Crippen molar-refractivity contribution >= 4 is 5.91 Å². The largest absolute Gasteiger partial charge is 0.433 e. The predicted molar refractivity (Wildman–Crippen MR) is 91.9 cm³/mol. The van der Waals surface area contributed by atoms with Crippen LogP contribution in [0.25, 0.3) is 11.3 Å². The first kappa shape index (κ1) is 18.5. The zero-order valence-corrected chi connectivity index (χ0v) is 15.5. The van der Waals surface area contributed by atoms with Gasteiger partial charge in [-0.05, 0) is 37.8 Å². The number of nitrogens with one attached hydrogen (secondary N) is 1. The average Bonchev–Trinajstić information content (AvgIpc) is 3.14. The number of aromatic nitrogens is 3. The van der Waals surface area contributed by atoms with Crippen molar-refractivity contribution in [2.75, 3.05) is 7.11 Å². The molecule has 2 bridgehead atoms. The maximum absolute atomic E-state index is 14.1. The van der Waals surface area contributed by atoms with Crippen LogP contribution in [0.1, 0.15) is 43.1 Å². The van der Waals surface area contributed by atoms with Crippen LogP contribution in [-0.2, 0) is 22.3 Å². The summed E-state index contributed by atoms with van der Waals surface area (Å²) in [5, 5.41) is 7.27. The lowest BCUT2D eigenvalue weighted by Gasteiger charge is -2.68. The maximum atomic E-state index is 14.1. The predicted octanol–water partition coefficient (Wildman–Crippen LogP) is 3.23. The fourth-order valence-corrected chi connectivity index (χ4v) is 4.82. The van der Waals surface area contributed by atoms with Crippen LogP contribution in [0.15, 0.2) is 18.3 Å². The standard InChI is InChI=1S/C19H18F4N4O2/c1-29-18-7-17(8-18,9-18)16(28)25-12-2-3-27-14(12)5-13(26-27)10-4-15(19(21,22)23)24-6-11(10)20/h4-6,12H,2-3,7-9H2,1H3,(H,25,28)/t12-,17?,18?/m1/s1. The molecule has 29 heavy (non-hydrogen) atoms. The van der Waals surface area contributed by atoms with Crippen molar-refractivity contribution < 1.29 is 27.1 Å². The fourth-order valence-electron chi connectivity index (χ4n) is 4.82. The zero-order valence-electron chi connectivity index (χ0n) is 15.5. The number of amides is 1. The number of pyridine rings is 1. The van der Waals surface area contributed by atoms with Crippen molar-refractivity contribution in [3.05, 3.63) is 35.5 Å². The van der Waals surface area contributed by atoms with Gasteiger partial charge in [0.05, 0.1) is 34.6 Å². The number of rotatable bonds is 4. The number of fused-ring (bicyclic) bond motifs is 1. The second-order valence-electron chi connectivity index (χ2n) is 8.24.